The molecular formula is C19H17FO3. The van der Waals surface area contributed by atoms with Gasteiger partial charge in [0.1, 0.15) is 5.82 Å². The molecule has 2 aromatic carbocycles. The van der Waals surface area contributed by atoms with Gasteiger partial charge in [-0.2, -0.15) is 0 Å². The van der Waals surface area contributed by atoms with Crippen molar-refractivity contribution in [2.75, 3.05) is 0 Å². The second kappa shape index (κ2) is 7.09. The SMILES string of the molecule is CCCc1ccc(C(=O)C(=O)c2ccc(F)cc2C(C)=O)cc1. The van der Waals surface area contributed by atoms with E-state index < -0.39 is 23.2 Å². The van der Waals surface area contributed by atoms with Crippen LogP contribution in [0, 0.1) is 5.82 Å². The van der Waals surface area contributed by atoms with E-state index in [9.17, 15) is 18.8 Å². The van der Waals surface area contributed by atoms with Gasteiger partial charge in [-0.25, -0.2) is 4.39 Å². The third-order valence-electron chi connectivity index (χ3n) is 3.57. The summed E-state index contributed by atoms with van der Waals surface area (Å²) in [5.74, 6) is -2.59. The fourth-order valence-electron chi connectivity index (χ4n) is 2.37. The molecule has 3 nitrogen and oxygen atoms in total. The molecule has 0 aliphatic carbocycles. The maximum absolute atomic E-state index is 13.3. The monoisotopic (exact) mass is 312 g/mol. The standard InChI is InChI=1S/C19H17FO3/c1-3-4-13-5-7-14(8-6-13)18(22)19(23)16-10-9-15(20)11-17(16)12(2)21/h5-11H,3-4H2,1-2H3. The second-order valence-corrected chi connectivity index (χ2v) is 5.35. The number of hydrogen-bond donors (Lipinski definition) is 0. The van der Waals surface area contributed by atoms with Gasteiger partial charge in [-0.1, -0.05) is 37.6 Å². The number of carbonyl (C=O) groups is 3. The summed E-state index contributed by atoms with van der Waals surface area (Å²) in [6.45, 7) is 3.29. The first-order valence-electron chi connectivity index (χ1n) is 7.42. The number of benzene rings is 2. The average molecular weight is 312 g/mol. The maximum atomic E-state index is 13.3. The largest absolute Gasteiger partial charge is 0.294 e. The molecule has 2 aromatic rings. The van der Waals surface area contributed by atoms with Crippen LogP contribution in [-0.4, -0.2) is 17.3 Å². The van der Waals surface area contributed by atoms with Crippen LogP contribution in [0.1, 0.15) is 56.9 Å². The molecule has 23 heavy (non-hydrogen) atoms. The van der Waals surface area contributed by atoms with Crippen molar-refractivity contribution in [1.29, 1.82) is 0 Å². The summed E-state index contributed by atoms with van der Waals surface area (Å²) in [6, 6.07) is 10.0. The van der Waals surface area contributed by atoms with Gasteiger partial charge in [0.25, 0.3) is 0 Å². The normalized spacial score (nSPS) is 10.4. The lowest BCUT2D eigenvalue weighted by Gasteiger charge is -2.06. The lowest BCUT2D eigenvalue weighted by molar-refractivity contribution is 0.0815. The maximum Gasteiger partial charge on any atom is 0.234 e. The number of Topliss-reactive ketones (excluding diaryl/α,β-unsaturated/α-hetero) is 3. The van der Waals surface area contributed by atoms with Gasteiger partial charge in [-0.3, -0.25) is 14.4 Å². The molecule has 2 rings (SSSR count). The van der Waals surface area contributed by atoms with Crippen LogP contribution in [0.5, 0.6) is 0 Å². The average Bonchev–Trinajstić information content (AvgIpc) is 2.54. The number of halogens is 1. The summed E-state index contributed by atoms with van der Waals surface area (Å²) in [4.78, 5) is 36.3. The first kappa shape index (κ1) is 16.7. The van der Waals surface area contributed by atoms with E-state index in [4.69, 9.17) is 0 Å². The molecule has 0 saturated heterocycles. The van der Waals surface area contributed by atoms with Crippen molar-refractivity contribution >= 4 is 17.3 Å². The quantitative estimate of drug-likeness (QED) is 0.597. The van der Waals surface area contributed by atoms with Crippen molar-refractivity contribution in [3.8, 4) is 0 Å². The molecule has 0 unspecified atom stereocenters. The van der Waals surface area contributed by atoms with Gasteiger partial charge >= 0.3 is 0 Å². The van der Waals surface area contributed by atoms with Gasteiger partial charge in [0.2, 0.25) is 11.6 Å². The van der Waals surface area contributed by atoms with E-state index in [1.165, 1.54) is 13.0 Å². The van der Waals surface area contributed by atoms with E-state index in [0.29, 0.717) is 0 Å². The summed E-state index contributed by atoms with van der Waals surface area (Å²) < 4.78 is 13.3. The fourth-order valence-corrected chi connectivity index (χ4v) is 2.37. The van der Waals surface area contributed by atoms with Crippen LogP contribution in [0.4, 0.5) is 4.39 Å². The van der Waals surface area contributed by atoms with Crippen molar-refractivity contribution in [3.05, 3.63) is 70.5 Å². The molecule has 118 valence electrons. The molecule has 0 aliphatic heterocycles. The first-order chi connectivity index (χ1) is 10.9. The molecule has 0 fully saturated rings. The topological polar surface area (TPSA) is 51.2 Å². The van der Waals surface area contributed by atoms with Gasteiger partial charge in [0.05, 0.1) is 0 Å². The van der Waals surface area contributed by atoms with E-state index in [2.05, 4.69) is 6.92 Å². The van der Waals surface area contributed by atoms with Crippen molar-refractivity contribution in [2.24, 2.45) is 0 Å². The Labute approximate surface area is 134 Å². The van der Waals surface area contributed by atoms with Crippen LogP contribution in [0.25, 0.3) is 0 Å². The van der Waals surface area contributed by atoms with Crippen molar-refractivity contribution in [1.82, 2.24) is 0 Å². The molecule has 0 atom stereocenters. The highest BCUT2D eigenvalue weighted by Crippen LogP contribution is 2.16. The number of ketones is 3. The van der Waals surface area contributed by atoms with Crippen molar-refractivity contribution in [3.63, 3.8) is 0 Å². The minimum Gasteiger partial charge on any atom is -0.294 e. The molecule has 0 spiro atoms. The van der Waals surface area contributed by atoms with Gasteiger partial charge in [0, 0.05) is 16.7 Å². The minimum absolute atomic E-state index is 0.0680. The molecule has 0 aliphatic rings. The highest BCUT2D eigenvalue weighted by molar-refractivity contribution is 6.50. The second-order valence-electron chi connectivity index (χ2n) is 5.35. The zero-order chi connectivity index (χ0) is 17.0. The molecule has 0 heterocycles. The van der Waals surface area contributed by atoms with E-state index in [0.717, 1.165) is 30.5 Å². The lowest BCUT2D eigenvalue weighted by Crippen LogP contribution is -2.17. The van der Waals surface area contributed by atoms with E-state index in [1.54, 1.807) is 24.3 Å². The summed E-state index contributed by atoms with van der Waals surface area (Å²) in [6.07, 6.45) is 1.89. The van der Waals surface area contributed by atoms with Crippen LogP contribution < -0.4 is 0 Å². The molecule has 0 saturated carbocycles. The molecular weight excluding hydrogens is 295 g/mol. The highest BCUT2D eigenvalue weighted by Gasteiger charge is 2.23. The molecule has 0 bridgehead atoms. The number of hydrogen-bond acceptors (Lipinski definition) is 3. The summed E-state index contributed by atoms with van der Waals surface area (Å²) in [7, 11) is 0. The van der Waals surface area contributed by atoms with Crippen LogP contribution in [-0.2, 0) is 6.42 Å². The van der Waals surface area contributed by atoms with Crippen LogP contribution in [0.15, 0.2) is 42.5 Å². The first-order valence-corrected chi connectivity index (χ1v) is 7.42. The molecule has 0 aromatic heterocycles. The Hall–Kier alpha value is -2.62. The Morgan fingerprint density at radius 1 is 0.913 bits per heavy atom. The molecule has 0 amide bonds. The lowest BCUT2D eigenvalue weighted by atomic mass is 9.95. The zero-order valence-electron chi connectivity index (χ0n) is 13.1. The fraction of sp³-hybridized carbons (Fsp3) is 0.211. The Bertz CT molecular complexity index is 761. The van der Waals surface area contributed by atoms with Crippen LogP contribution >= 0.6 is 0 Å². The Morgan fingerprint density at radius 2 is 1.57 bits per heavy atom. The molecule has 4 heteroatoms. The van der Waals surface area contributed by atoms with E-state index in [-0.39, 0.29) is 16.7 Å². The Balaban J connectivity index is 2.33. The number of aryl methyl sites for hydroxylation is 1. The van der Waals surface area contributed by atoms with Crippen molar-refractivity contribution < 1.29 is 18.8 Å². The Kier molecular flexibility index (Phi) is 5.16. The predicted octanol–water partition coefficient (Wildman–Crippen LogP) is 4.05. The molecule has 0 N–H and O–H groups in total. The van der Waals surface area contributed by atoms with Gasteiger partial charge in [-0.05, 0) is 37.1 Å². The third-order valence-corrected chi connectivity index (χ3v) is 3.57. The Morgan fingerprint density at radius 3 is 2.13 bits per heavy atom. The van der Waals surface area contributed by atoms with Gasteiger partial charge in [-0.15, -0.1) is 0 Å². The van der Waals surface area contributed by atoms with Crippen LogP contribution in [0.2, 0.25) is 0 Å². The van der Waals surface area contributed by atoms with Gasteiger partial charge in [0.15, 0.2) is 5.78 Å². The van der Waals surface area contributed by atoms with E-state index in [1.807, 2.05) is 0 Å². The number of carbonyl (C=O) groups excluding carboxylic acids is 3. The smallest absolute Gasteiger partial charge is 0.234 e. The highest BCUT2D eigenvalue weighted by atomic mass is 19.1. The minimum atomic E-state index is -0.807. The number of rotatable bonds is 6. The van der Waals surface area contributed by atoms with Crippen LogP contribution in [0.3, 0.4) is 0 Å². The predicted molar refractivity (Wildman–Crippen MR) is 85.5 cm³/mol. The zero-order valence-corrected chi connectivity index (χ0v) is 13.1. The van der Waals surface area contributed by atoms with Gasteiger partial charge < -0.3 is 0 Å². The summed E-state index contributed by atoms with van der Waals surface area (Å²) >= 11 is 0. The summed E-state index contributed by atoms with van der Waals surface area (Å²) in [5.41, 5.74) is 1.20. The molecule has 0 radical (unpaired) electrons. The summed E-state index contributed by atoms with van der Waals surface area (Å²) in [5, 5.41) is 0. The van der Waals surface area contributed by atoms with Crippen molar-refractivity contribution in [2.45, 2.75) is 26.7 Å². The third kappa shape index (κ3) is 3.77. The van der Waals surface area contributed by atoms with E-state index >= 15 is 0 Å².